The highest BCUT2D eigenvalue weighted by atomic mass is 32.2. The van der Waals surface area contributed by atoms with E-state index in [1.54, 1.807) is 0 Å². The smallest absolute Gasteiger partial charge is 0.0540 e. The molecule has 1 aliphatic carbocycles. The van der Waals surface area contributed by atoms with Crippen molar-refractivity contribution in [2.45, 2.75) is 30.9 Å². The lowest BCUT2D eigenvalue weighted by molar-refractivity contribution is 0.886. The van der Waals surface area contributed by atoms with Gasteiger partial charge in [0.15, 0.2) is 0 Å². The quantitative estimate of drug-likeness (QED) is 0.427. The summed E-state index contributed by atoms with van der Waals surface area (Å²) >= 11 is 1.89. The molecule has 0 aromatic rings. The van der Waals surface area contributed by atoms with Gasteiger partial charge in [0.2, 0.25) is 0 Å². The van der Waals surface area contributed by atoms with Gasteiger partial charge in [0, 0.05) is 12.3 Å². The van der Waals surface area contributed by atoms with Crippen LogP contribution in [0, 0.1) is 0 Å². The van der Waals surface area contributed by atoms with Gasteiger partial charge in [-0.15, -0.1) is 11.8 Å². The molecule has 0 unspecified atom stereocenters. The molecule has 0 heterocycles. The summed E-state index contributed by atoms with van der Waals surface area (Å²) in [6.45, 7) is 0. The SMILES string of the molecule is CN=CSC1CCCC1. The molecule has 1 aliphatic rings. The molecule has 0 N–H and O–H groups in total. The highest BCUT2D eigenvalue weighted by molar-refractivity contribution is 8.12. The van der Waals surface area contributed by atoms with E-state index in [9.17, 15) is 0 Å². The van der Waals surface area contributed by atoms with Gasteiger partial charge in [0.1, 0.15) is 0 Å². The van der Waals surface area contributed by atoms with Crippen molar-refractivity contribution in [1.82, 2.24) is 0 Å². The third-order valence-corrected chi connectivity index (χ3v) is 2.85. The van der Waals surface area contributed by atoms with Crippen molar-refractivity contribution >= 4 is 17.3 Å². The number of hydrogen-bond donors (Lipinski definition) is 0. The van der Waals surface area contributed by atoms with E-state index in [0.29, 0.717) is 0 Å². The number of nitrogens with zero attached hydrogens (tertiary/aromatic N) is 1. The average Bonchev–Trinajstić information content (AvgIpc) is 2.34. The van der Waals surface area contributed by atoms with Gasteiger partial charge < -0.3 is 0 Å². The monoisotopic (exact) mass is 143 g/mol. The van der Waals surface area contributed by atoms with Crippen LogP contribution in [-0.2, 0) is 0 Å². The van der Waals surface area contributed by atoms with Crippen molar-refractivity contribution in [1.29, 1.82) is 0 Å². The highest BCUT2D eigenvalue weighted by Gasteiger charge is 2.13. The molecule has 1 rings (SSSR count). The van der Waals surface area contributed by atoms with Crippen molar-refractivity contribution in [3.63, 3.8) is 0 Å². The van der Waals surface area contributed by atoms with Crippen molar-refractivity contribution < 1.29 is 0 Å². The van der Waals surface area contributed by atoms with E-state index < -0.39 is 0 Å². The Bertz CT molecular complexity index is 95.1. The largest absolute Gasteiger partial charge is 0.290 e. The van der Waals surface area contributed by atoms with E-state index in [0.717, 1.165) is 5.25 Å². The van der Waals surface area contributed by atoms with Crippen LogP contribution in [0.3, 0.4) is 0 Å². The van der Waals surface area contributed by atoms with Gasteiger partial charge in [-0.2, -0.15) is 0 Å². The zero-order valence-electron chi connectivity index (χ0n) is 5.84. The highest BCUT2D eigenvalue weighted by Crippen LogP contribution is 2.27. The van der Waals surface area contributed by atoms with Gasteiger partial charge in [-0.3, -0.25) is 4.99 Å². The first-order valence-electron chi connectivity index (χ1n) is 3.49. The Labute approximate surface area is 60.9 Å². The fourth-order valence-corrected chi connectivity index (χ4v) is 2.07. The van der Waals surface area contributed by atoms with E-state index in [-0.39, 0.29) is 0 Å². The summed E-state index contributed by atoms with van der Waals surface area (Å²) in [5, 5.41) is 0.883. The third-order valence-electron chi connectivity index (χ3n) is 1.66. The molecule has 1 nitrogen and oxygen atoms in total. The van der Waals surface area contributed by atoms with Gasteiger partial charge in [-0.25, -0.2) is 0 Å². The summed E-state index contributed by atoms with van der Waals surface area (Å²) in [5.74, 6) is 0. The minimum Gasteiger partial charge on any atom is -0.290 e. The second kappa shape index (κ2) is 3.94. The van der Waals surface area contributed by atoms with E-state index in [4.69, 9.17) is 0 Å². The Morgan fingerprint density at radius 3 is 2.67 bits per heavy atom. The Morgan fingerprint density at radius 2 is 2.11 bits per heavy atom. The molecule has 0 aliphatic heterocycles. The summed E-state index contributed by atoms with van der Waals surface area (Å²) in [6, 6.07) is 0. The Hall–Kier alpha value is 0.0200. The van der Waals surface area contributed by atoms with Crippen LogP contribution in [0.25, 0.3) is 0 Å². The van der Waals surface area contributed by atoms with Gasteiger partial charge in [-0.05, 0) is 12.8 Å². The average molecular weight is 143 g/mol. The predicted molar refractivity (Wildman–Crippen MR) is 44.3 cm³/mol. The van der Waals surface area contributed by atoms with Gasteiger partial charge >= 0.3 is 0 Å². The predicted octanol–water partition coefficient (Wildman–Crippen LogP) is 2.32. The second-order valence-corrected chi connectivity index (χ2v) is 3.56. The zero-order chi connectivity index (χ0) is 6.53. The van der Waals surface area contributed by atoms with Crippen LogP contribution in [-0.4, -0.2) is 17.8 Å². The number of hydrogen-bond acceptors (Lipinski definition) is 2. The number of aliphatic imine (C=N–C) groups is 1. The van der Waals surface area contributed by atoms with Crippen molar-refractivity contribution in [3.05, 3.63) is 0 Å². The molecular formula is C7H13NS. The summed E-state index contributed by atoms with van der Waals surface area (Å²) in [5.41, 5.74) is 1.97. The maximum atomic E-state index is 3.94. The number of thioether (sulfide) groups is 1. The van der Waals surface area contributed by atoms with E-state index >= 15 is 0 Å². The normalized spacial score (nSPS) is 21.9. The maximum absolute atomic E-state index is 3.94. The summed E-state index contributed by atoms with van der Waals surface area (Å²) < 4.78 is 0. The summed E-state index contributed by atoms with van der Waals surface area (Å²) in [6.07, 6.45) is 5.65. The van der Waals surface area contributed by atoms with Gasteiger partial charge in [-0.1, -0.05) is 12.8 Å². The molecule has 0 saturated heterocycles. The Morgan fingerprint density at radius 1 is 1.44 bits per heavy atom. The molecular weight excluding hydrogens is 130 g/mol. The molecule has 9 heavy (non-hydrogen) atoms. The molecule has 0 radical (unpaired) electrons. The lowest BCUT2D eigenvalue weighted by Crippen LogP contribution is -1.91. The zero-order valence-corrected chi connectivity index (χ0v) is 6.66. The minimum absolute atomic E-state index is 0.883. The van der Waals surface area contributed by atoms with Crippen LogP contribution in [0.4, 0.5) is 0 Å². The molecule has 0 spiro atoms. The van der Waals surface area contributed by atoms with Crippen LogP contribution >= 0.6 is 11.8 Å². The van der Waals surface area contributed by atoms with Crippen LogP contribution in [0.15, 0.2) is 4.99 Å². The molecule has 52 valence electrons. The molecule has 0 aromatic carbocycles. The Balaban J connectivity index is 2.11. The molecule has 0 atom stereocenters. The molecule has 0 aromatic heterocycles. The van der Waals surface area contributed by atoms with Crippen molar-refractivity contribution in [2.24, 2.45) is 4.99 Å². The summed E-state index contributed by atoms with van der Waals surface area (Å²) in [4.78, 5) is 3.94. The molecule has 0 amide bonds. The first-order chi connectivity index (χ1) is 4.43. The molecule has 1 fully saturated rings. The van der Waals surface area contributed by atoms with Crippen LogP contribution in [0.2, 0.25) is 0 Å². The topological polar surface area (TPSA) is 12.4 Å². The first kappa shape index (κ1) is 7.13. The Kier molecular flexibility index (Phi) is 3.12. The molecule has 1 saturated carbocycles. The van der Waals surface area contributed by atoms with Crippen LogP contribution in [0.5, 0.6) is 0 Å². The second-order valence-electron chi connectivity index (χ2n) is 2.41. The van der Waals surface area contributed by atoms with Crippen LogP contribution in [0.1, 0.15) is 25.7 Å². The number of rotatable bonds is 2. The first-order valence-corrected chi connectivity index (χ1v) is 4.44. The van der Waals surface area contributed by atoms with E-state index in [1.807, 2.05) is 24.4 Å². The van der Waals surface area contributed by atoms with E-state index in [2.05, 4.69) is 4.99 Å². The van der Waals surface area contributed by atoms with Gasteiger partial charge in [0.05, 0.1) is 5.55 Å². The lowest BCUT2D eigenvalue weighted by Gasteiger charge is -2.00. The molecule has 0 bridgehead atoms. The molecule has 2 heteroatoms. The van der Waals surface area contributed by atoms with Crippen molar-refractivity contribution in [3.8, 4) is 0 Å². The minimum atomic E-state index is 0.883. The fraction of sp³-hybridized carbons (Fsp3) is 0.857. The van der Waals surface area contributed by atoms with Crippen molar-refractivity contribution in [2.75, 3.05) is 7.05 Å². The lowest BCUT2D eigenvalue weighted by atomic mass is 10.4. The third kappa shape index (κ3) is 2.39. The maximum Gasteiger partial charge on any atom is 0.0540 e. The summed E-state index contributed by atoms with van der Waals surface area (Å²) in [7, 11) is 1.84. The van der Waals surface area contributed by atoms with Gasteiger partial charge in [0.25, 0.3) is 0 Å². The van der Waals surface area contributed by atoms with Crippen LogP contribution < -0.4 is 0 Å². The fourth-order valence-electron chi connectivity index (χ4n) is 1.17. The standard InChI is InChI=1S/C7H13NS/c1-8-6-9-7-4-2-3-5-7/h6-7H,2-5H2,1H3. The van der Waals surface area contributed by atoms with E-state index in [1.165, 1.54) is 25.7 Å².